The number of likely N-dealkylation sites (N-methyl/N-ethyl adjacent to an activating group) is 1. The van der Waals surface area contributed by atoms with E-state index >= 15 is 0 Å². The lowest BCUT2D eigenvalue weighted by molar-refractivity contribution is -0.130. The standard InChI is InChI=1S/C20H20ClN3O3S/c1-23-19(26)17(11-18(25)22-15-7-9-16(27-2)10-8-15)24(20(23)28)12-13-3-5-14(21)6-4-13/h3-10,17H,11-12H2,1-2H3,(H,22,25). The van der Waals surface area contributed by atoms with Gasteiger partial charge in [-0.2, -0.15) is 0 Å². The van der Waals surface area contributed by atoms with E-state index in [1.54, 1.807) is 55.5 Å². The summed E-state index contributed by atoms with van der Waals surface area (Å²) in [6, 6.07) is 13.7. The van der Waals surface area contributed by atoms with E-state index in [1.165, 1.54) is 4.90 Å². The fourth-order valence-electron chi connectivity index (χ4n) is 3.00. The molecule has 1 aliphatic heterocycles. The summed E-state index contributed by atoms with van der Waals surface area (Å²) in [7, 11) is 3.20. The van der Waals surface area contributed by atoms with Gasteiger partial charge in [0.2, 0.25) is 5.91 Å². The van der Waals surface area contributed by atoms with Gasteiger partial charge < -0.3 is 15.0 Å². The summed E-state index contributed by atoms with van der Waals surface area (Å²) in [5.74, 6) is 0.247. The SMILES string of the molecule is COc1ccc(NC(=O)CC2C(=O)N(C)C(=S)N2Cc2ccc(Cl)cc2)cc1. The molecule has 146 valence electrons. The Labute approximate surface area is 174 Å². The predicted octanol–water partition coefficient (Wildman–Crippen LogP) is 3.30. The van der Waals surface area contributed by atoms with Crippen LogP contribution in [-0.4, -0.2) is 46.9 Å². The number of benzene rings is 2. The summed E-state index contributed by atoms with van der Waals surface area (Å²) in [4.78, 5) is 28.3. The minimum absolute atomic E-state index is 0.00291. The minimum Gasteiger partial charge on any atom is -0.497 e. The molecule has 2 aromatic rings. The van der Waals surface area contributed by atoms with Gasteiger partial charge in [0.05, 0.1) is 13.5 Å². The first-order valence-corrected chi connectivity index (χ1v) is 9.44. The number of hydrogen-bond donors (Lipinski definition) is 1. The number of nitrogens with one attached hydrogen (secondary N) is 1. The van der Waals surface area contributed by atoms with Crippen LogP contribution in [-0.2, 0) is 16.1 Å². The smallest absolute Gasteiger partial charge is 0.251 e. The van der Waals surface area contributed by atoms with E-state index in [-0.39, 0.29) is 18.2 Å². The van der Waals surface area contributed by atoms with Gasteiger partial charge in [-0.15, -0.1) is 0 Å². The first kappa shape index (κ1) is 20.1. The molecule has 1 aliphatic rings. The first-order valence-electron chi connectivity index (χ1n) is 8.65. The van der Waals surface area contributed by atoms with Crippen LogP contribution in [0.4, 0.5) is 5.69 Å². The Morgan fingerprint density at radius 3 is 2.43 bits per heavy atom. The molecule has 1 heterocycles. The third kappa shape index (κ3) is 4.43. The zero-order chi connectivity index (χ0) is 20.3. The van der Waals surface area contributed by atoms with Gasteiger partial charge >= 0.3 is 0 Å². The Morgan fingerprint density at radius 1 is 1.18 bits per heavy atom. The van der Waals surface area contributed by atoms with Crippen LogP contribution < -0.4 is 10.1 Å². The van der Waals surface area contributed by atoms with Crippen LogP contribution in [0, 0.1) is 0 Å². The van der Waals surface area contributed by atoms with Crippen LogP contribution in [0.5, 0.6) is 5.75 Å². The van der Waals surface area contributed by atoms with E-state index in [2.05, 4.69) is 5.32 Å². The number of carbonyl (C=O) groups is 2. The highest BCUT2D eigenvalue weighted by Crippen LogP contribution is 2.24. The molecule has 0 radical (unpaired) electrons. The van der Waals surface area contributed by atoms with E-state index in [0.717, 1.165) is 5.56 Å². The maximum absolute atomic E-state index is 12.6. The summed E-state index contributed by atoms with van der Waals surface area (Å²) in [5.41, 5.74) is 1.59. The quantitative estimate of drug-likeness (QED) is 0.730. The molecular weight excluding hydrogens is 398 g/mol. The Hall–Kier alpha value is -2.64. The van der Waals surface area contributed by atoms with Crippen LogP contribution in [0.2, 0.25) is 5.02 Å². The summed E-state index contributed by atoms with van der Waals surface area (Å²) in [6.45, 7) is 0.423. The lowest BCUT2D eigenvalue weighted by atomic mass is 10.1. The molecule has 0 aromatic heterocycles. The van der Waals surface area contributed by atoms with Crippen LogP contribution >= 0.6 is 23.8 Å². The molecule has 2 amide bonds. The zero-order valence-corrected chi connectivity index (χ0v) is 17.1. The average Bonchev–Trinajstić information content (AvgIpc) is 2.88. The average molecular weight is 418 g/mol. The van der Waals surface area contributed by atoms with Crippen LogP contribution in [0.25, 0.3) is 0 Å². The Morgan fingerprint density at radius 2 is 1.82 bits per heavy atom. The van der Waals surface area contributed by atoms with Crippen LogP contribution in [0.1, 0.15) is 12.0 Å². The number of ether oxygens (including phenoxy) is 1. The maximum atomic E-state index is 12.6. The lowest BCUT2D eigenvalue weighted by Gasteiger charge is -2.23. The Bertz CT molecular complexity index is 887. The van der Waals surface area contributed by atoms with Gasteiger partial charge in [0, 0.05) is 24.3 Å². The summed E-state index contributed by atoms with van der Waals surface area (Å²) in [5, 5.41) is 3.85. The summed E-state index contributed by atoms with van der Waals surface area (Å²) < 4.78 is 5.11. The number of hydrogen-bond acceptors (Lipinski definition) is 4. The molecule has 6 nitrogen and oxygen atoms in total. The lowest BCUT2D eigenvalue weighted by Crippen LogP contribution is -2.37. The van der Waals surface area contributed by atoms with Gasteiger partial charge in [-0.05, 0) is 54.2 Å². The number of carbonyl (C=O) groups excluding carboxylic acids is 2. The molecule has 3 rings (SSSR count). The van der Waals surface area contributed by atoms with Gasteiger partial charge in [0.15, 0.2) is 5.11 Å². The monoisotopic (exact) mass is 417 g/mol. The molecule has 28 heavy (non-hydrogen) atoms. The second kappa shape index (κ2) is 8.58. The van der Waals surface area contributed by atoms with Crippen molar-refractivity contribution in [3.05, 3.63) is 59.1 Å². The molecule has 0 bridgehead atoms. The molecule has 1 unspecified atom stereocenters. The molecule has 0 aliphatic carbocycles. The molecule has 1 saturated heterocycles. The third-order valence-electron chi connectivity index (χ3n) is 4.54. The van der Waals surface area contributed by atoms with E-state index in [0.29, 0.717) is 28.1 Å². The number of halogens is 1. The highest BCUT2D eigenvalue weighted by atomic mass is 35.5. The fourth-order valence-corrected chi connectivity index (χ4v) is 3.41. The van der Waals surface area contributed by atoms with Gasteiger partial charge in [-0.25, -0.2) is 0 Å². The highest BCUT2D eigenvalue weighted by Gasteiger charge is 2.41. The first-order chi connectivity index (χ1) is 13.4. The predicted molar refractivity (Wildman–Crippen MR) is 112 cm³/mol. The number of rotatable bonds is 6. The van der Waals surface area contributed by atoms with Gasteiger partial charge in [0.1, 0.15) is 11.8 Å². The van der Waals surface area contributed by atoms with Crippen molar-refractivity contribution >= 4 is 46.4 Å². The minimum atomic E-state index is -0.647. The summed E-state index contributed by atoms with van der Waals surface area (Å²) >= 11 is 11.3. The van der Waals surface area contributed by atoms with Crippen molar-refractivity contribution in [2.45, 2.75) is 19.0 Å². The third-order valence-corrected chi connectivity index (χ3v) is 5.30. The number of methoxy groups -OCH3 is 1. The molecule has 2 aromatic carbocycles. The number of anilines is 1. The van der Waals surface area contributed by atoms with Gasteiger partial charge in [0.25, 0.3) is 5.91 Å². The second-order valence-corrected chi connectivity index (χ2v) is 7.23. The van der Waals surface area contributed by atoms with Crippen molar-refractivity contribution in [2.75, 3.05) is 19.5 Å². The summed E-state index contributed by atoms with van der Waals surface area (Å²) in [6.07, 6.45) is 0.00291. The van der Waals surface area contributed by atoms with E-state index in [4.69, 9.17) is 28.6 Å². The van der Waals surface area contributed by atoms with Crippen molar-refractivity contribution in [2.24, 2.45) is 0 Å². The number of amides is 2. The van der Waals surface area contributed by atoms with Crippen molar-refractivity contribution < 1.29 is 14.3 Å². The van der Waals surface area contributed by atoms with Gasteiger partial charge in [-0.1, -0.05) is 23.7 Å². The fraction of sp³-hybridized carbons (Fsp3) is 0.250. The van der Waals surface area contributed by atoms with E-state index < -0.39 is 6.04 Å². The van der Waals surface area contributed by atoms with Crippen molar-refractivity contribution in [1.82, 2.24) is 9.80 Å². The molecule has 1 atom stereocenters. The van der Waals surface area contributed by atoms with Crippen molar-refractivity contribution in [1.29, 1.82) is 0 Å². The van der Waals surface area contributed by atoms with E-state index in [9.17, 15) is 9.59 Å². The molecule has 0 saturated carbocycles. The molecule has 0 spiro atoms. The second-order valence-electron chi connectivity index (χ2n) is 6.43. The maximum Gasteiger partial charge on any atom is 0.251 e. The molecule has 1 fully saturated rings. The largest absolute Gasteiger partial charge is 0.497 e. The van der Waals surface area contributed by atoms with Crippen molar-refractivity contribution in [3.8, 4) is 5.75 Å². The normalized spacial score (nSPS) is 16.5. The van der Waals surface area contributed by atoms with E-state index in [1.807, 2.05) is 12.1 Å². The van der Waals surface area contributed by atoms with Crippen LogP contribution in [0.15, 0.2) is 48.5 Å². The number of nitrogens with zero attached hydrogens (tertiary/aromatic N) is 2. The molecular formula is C20H20ClN3O3S. The van der Waals surface area contributed by atoms with Gasteiger partial charge in [-0.3, -0.25) is 14.5 Å². The van der Waals surface area contributed by atoms with Crippen LogP contribution in [0.3, 0.4) is 0 Å². The highest BCUT2D eigenvalue weighted by molar-refractivity contribution is 7.80. The Balaban J connectivity index is 1.71. The molecule has 1 N–H and O–H groups in total. The van der Waals surface area contributed by atoms with Crippen molar-refractivity contribution in [3.63, 3.8) is 0 Å². The Kier molecular flexibility index (Phi) is 6.16. The zero-order valence-electron chi connectivity index (χ0n) is 15.5. The molecule has 8 heteroatoms. The number of thiocarbonyl (C=S) groups is 1. The topological polar surface area (TPSA) is 61.9 Å².